The van der Waals surface area contributed by atoms with Gasteiger partial charge in [0.2, 0.25) is 10.0 Å². The standard InChI is InChI=1S/C18H21N3O3S2/c1-3-24-18-5-4-16(12-14(18)2)26(22,23)19-8-10-21-9-6-17(20-21)15-7-11-25-13-15/h4-7,9,11-13,19H,3,8,10H2,1-2H3. The maximum Gasteiger partial charge on any atom is 0.240 e. The molecule has 3 rings (SSSR count). The molecule has 0 aliphatic rings. The largest absolute Gasteiger partial charge is 0.494 e. The van der Waals surface area contributed by atoms with Crippen molar-refractivity contribution in [3.05, 3.63) is 52.9 Å². The first-order chi connectivity index (χ1) is 12.5. The number of sulfonamides is 1. The van der Waals surface area contributed by atoms with Crippen LogP contribution >= 0.6 is 11.3 Å². The zero-order valence-corrected chi connectivity index (χ0v) is 16.3. The van der Waals surface area contributed by atoms with E-state index < -0.39 is 10.0 Å². The van der Waals surface area contributed by atoms with Crippen LogP contribution in [-0.4, -0.2) is 31.3 Å². The fraction of sp³-hybridized carbons (Fsp3) is 0.278. The molecule has 1 N–H and O–H groups in total. The molecule has 0 spiro atoms. The quantitative estimate of drug-likeness (QED) is 0.639. The maximum absolute atomic E-state index is 12.5. The molecule has 8 heteroatoms. The Balaban J connectivity index is 1.61. The SMILES string of the molecule is CCOc1ccc(S(=O)(=O)NCCn2ccc(-c3ccsc3)n2)cc1C. The molecule has 0 aliphatic heterocycles. The molecule has 3 aromatic rings. The number of benzene rings is 1. The molecule has 0 atom stereocenters. The van der Waals surface area contributed by atoms with E-state index in [2.05, 4.69) is 9.82 Å². The lowest BCUT2D eigenvalue weighted by molar-refractivity contribution is 0.337. The monoisotopic (exact) mass is 391 g/mol. The van der Waals surface area contributed by atoms with E-state index >= 15 is 0 Å². The van der Waals surface area contributed by atoms with Gasteiger partial charge in [-0.1, -0.05) is 0 Å². The van der Waals surface area contributed by atoms with Crippen molar-refractivity contribution in [2.24, 2.45) is 0 Å². The second-order valence-electron chi connectivity index (χ2n) is 5.73. The Kier molecular flexibility index (Phi) is 5.75. The predicted octanol–water partition coefficient (Wildman–Crippen LogP) is 3.30. The number of ether oxygens (including phenoxy) is 1. The molecule has 0 fully saturated rings. The van der Waals surface area contributed by atoms with Crippen LogP contribution in [0.2, 0.25) is 0 Å². The molecule has 0 radical (unpaired) electrons. The summed E-state index contributed by atoms with van der Waals surface area (Å²) >= 11 is 1.62. The molecule has 1 aromatic carbocycles. The second kappa shape index (κ2) is 8.03. The third-order valence-electron chi connectivity index (χ3n) is 3.85. The van der Waals surface area contributed by atoms with Crippen molar-refractivity contribution in [1.29, 1.82) is 0 Å². The van der Waals surface area contributed by atoms with Crippen LogP contribution < -0.4 is 9.46 Å². The molecule has 6 nitrogen and oxygen atoms in total. The summed E-state index contributed by atoms with van der Waals surface area (Å²) in [6.07, 6.45) is 1.85. The van der Waals surface area contributed by atoms with Crippen molar-refractivity contribution in [2.75, 3.05) is 13.2 Å². The smallest absolute Gasteiger partial charge is 0.240 e. The van der Waals surface area contributed by atoms with Crippen molar-refractivity contribution in [2.45, 2.75) is 25.3 Å². The van der Waals surface area contributed by atoms with Gasteiger partial charge in [-0.3, -0.25) is 4.68 Å². The Morgan fingerprint density at radius 1 is 1.27 bits per heavy atom. The van der Waals surface area contributed by atoms with Gasteiger partial charge >= 0.3 is 0 Å². The normalized spacial score (nSPS) is 11.6. The maximum atomic E-state index is 12.5. The van der Waals surface area contributed by atoms with Crippen LogP contribution in [0, 0.1) is 6.92 Å². The third kappa shape index (κ3) is 4.32. The van der Waals surface area contributed by atoms with Gasteiger partial charge in [0.15, 0.2) is 0 Å². The third-order valence-corrected chi connectivity index (χ3v) is 5.99. The first-order valence-electron chi connectivity index (χ1n) is 8.29. The van der Waals surface area contributed by atoms with E-state index in [4.69, 9.17) is 4.74 Å². The van der Waals surface area contributed by atoms with Gasteiger partial charge in [-0.25, -0.2) is 13.1 Å². The van der Waals surface area contributed by atoms with Crippen molar-refractivity contribution < 1.29 is 13.2 Å². The second-order valence-corrected chi connectivity index (χ2v) is 8.28. The van der Waals surface area contributed by atoms with E-state index in [0.29, 0.717) is 18.9 Å². The van der Waals surface area contributed by atoms with Gasteiger partial charge in [-0.15, -0.1) is 0 Å². The summed E-state index contributed by atoms with van der Waals surface area (Å²) < 4.78 is 34.7. The van der Waals surface area contributed by atoms with Crippen molar-refractivity contribution in [3.63, 3.8) is 0 Å². The Morgan fingerprint density at radius 3 is 2.81 bits per heavy atom. The molecule has 2 heterocycles. The lowest BCUT2D eigenvalue weighted by atomic mass is 10.2. The van der Waals surface area contributed by atoms with E-state index in [0.717, 1.165) is 16.8 Å². The zero-order chi connectivity index (χ0) is 18.6. The average molecular weight is 392 g/mol. The summed E-state index contributed by atoms with van der Waals surface area (Å²) in [5.74, 6) is 0.698. The fourth-order valence-corrected chi connectivity index (χ4v) is 4.29. The van der Waals surface area contributed by atoms with Crippen molar-refractivity contribution >= 4 is 21.4 Å². The molecule has 26 heavy (non-hydrogen) atoms. The minimum absolute atomic E-state index is 0.234. The minimum atomic E-state index is -3.57. The highest BCUT2D eigenvalue weighted by Crippen LogP contribution is 2.22. The van der Waals surface area contributed by atoms with E-state index in [-0.39, 0.29) is 11.4 Å². The zero-order valence-electron chi connectivity index (χ0n) is 14.7. The first kappa shape index (κ1) is 18.6. The van der Waals surface area contributed by atoms with E-state index in [1.165, 1.54) is 0 Å². The highest BCUT2D eigenvalue weighted by molar-refractivity contribution is 7.89. The van der Waals surface area contributed by atoms with Gasteiger partial charge < -0.3 is 4.74 Å². The topological polar surface area (TPSA) is 73.2 Å². The van der Waals surface area contributed by atoms with Gasteiger partial charge in [0, 0.05) is 23.7 Å². The summed E-state index contributed by atoms with van der Waals surface area (Å²) in [4.78, 5) is 0.234. The van der Waals surface area contributed by atoms with Crippen LogP contribution in [0.3, 0.4) is 0 Å². The molecule has 0 saturated heterocycles. The van der Waals surface area contributed by atoms with Crippen LogP contribution in [0.25, 0.3) is 11.3 Å². The molecule has 0 unspecified atom stereocenters. The molecule has 0 aliphatic carbocycles. The van der Waals surface area contributed by atoms with Crippen molar-refractivity contribution in [1.82, 2.24) is 14.5 Å². The summed E-state index contributed by atoms with van der Waals surface area (Å²) in [7, 11) is -3.57. The fourth-order valence-electron chi connectivity index (χ4n) is 2.53. The lowest BCUT2D eigenvalue weighted by Gasteiger charge is -2.10. The van der Waals surface area contributed by atoms with Crippen LogP contribution in [0.4, 0.5) is 0 Å². The summed E-state index contributed by atoms with van der Waals surface area (Å²) in [5, 5.41) is 8.50. The van der Waals surface area contributed by atoms with Gasteiger partial charge in [0.1, 0.15) is 5.75 Å². The highest BCUT2D eigenvalue weighted by Gasteiger charge is 2.15. The number of aromatic nitrogens is 2. The number of rotatable bonds is 8. The molecule has 0 saturated carbocycles. The molecular formula is C18H21N3O3S2. The number of nitrogens with one attached hydrogen (secondary N) is 1. The predicted molar refractivity (Wildman–Crippen MR) is 103 cm³/mol. The van der Waals surface area contributed by atoms with Gasteiger partial charge in [0.25, 0.3) is 0 Å². The summed E-state index contributed by atoms with van der Waals surface area (Å²) in [6, 6.07) is 8.80. The van der Waals surface area contributed by atoms with Crippen LogP contribution in [0.15, 0.2) is 52.2 Å². The Labute approximate surface area is 157 Å². The van der Waals surface area contributed by atoms with Crippen LogP contribution in [-0.2, 0) is 16.6 Å². The van der Waals surface area contributed by atoms with Crippen molar-refractivity contribution in [3.8, 4) is 17.0 Å². The number of hydrogen-bond acceptors (Lipinski definition) is 5. The molecule has 2 aromatic heterocycles. The summed E-state index contributed by atoms with van der Waals surface area (Å²) in [5.41, 5.74) is 2.75. The first-order valence-corrected chi connectivity index (χ1v) is 10.7. The average Bonchev–Trinajstić information content (AvgIpc) is 3.28. The van der Waals surface area contributed by atoms with E-state index in [1.54, 1.807) is 34.2 Å². The molecule has 0 bridgehead atoms. The summed E-state index contributed by atoms with van der Waals surface area (Å²) in [6.45, 7) is 4.99. The Hall–Kier alpha value is -2.16. The lowest BCUT2D eigenvalue weighted by Crippen LogP contribution is -2.27. The Morgan fingerprint density at radius 2 is 2.12 bits per heavy atom. The van der Waals surface area contributed by atoms with E-state index in [9.17, 15) is 8.42 Å². The van der Waals surface area contributed by atoms with Gasteiger partial charge in [-0.2, -0.15) is 16.4 Å². The number of nitrogens with zero attached hydrogens (tertiary/aromatic N) is 2. The van der Waals surface area contributed by atoms with Crippen LogP contribution in [0.1, 0.15) is 12.5 Å². The number of hydrogen-bond donors (Lipinski definition) is 1. The minimum Gasteiger partial charge on any atom is -0.494 e. The van der Waals surface area contributed by atoms with Crippen LogP contribution in [0.5, 0.6) is 5.75 Å². The van der Waals surface area contributed by atoms with E-state index in [1.807, 2.05) is 42.9 Å². The molecule has 0 amide bonds. The molecule has 138 valence electrons. The molecular weight excluding hydrogens is 370 g/mol. The Bertz CT molecular complexity index is 963. The van der Waals surface area contributed by atoms with Gasteiger partial charge in [-0.05, 0) is 55.1 Å². The highest BCUT2D eigenvalue weighted by atomic mass is 32.2. The number of thiophene rings is 1. The number of aryl methyl sites for hydroxylation is 1. The van der Waals surface area contributed by atoms with Gasteiger partial charge in [0.05, 0.1) is 23.7 Å².